The molecular weight excluding hydrogens is 466 g/mol. The topological polar surface area (TPSA) is 131 Å². The average Bonchev–Trinajstić information content (AvgIpc) is 3.54. The Morgan fingerprint density at radius 3 is 2.78 bits per heavy atom. The van der Waals surface area contributed by atoms with Gasteiger partial charge >= 0.3 is 0 Å². The van der Waals surface area contributed by atoms with Crippen LogP contribution in [0.1, 0.15) is 51.0 Å². The Morgan fingerprint density at radius 2 is 2.03 bits per heavy atom. The number of H-pyrrole nitrogens is 1. The average molecular weight is 502 g/mol. The van der Waals surface area contributed by atoms with E-state index in [9.17, 15) is 15.5 Å². The number of hydrogen-bond acceptors (Lipinski definition) is 7. The fourth-order valence-corrected chi connectivity index (χ4v) is 8.89. The summed E-state index contributed by atoms with van der Waals surface area (Å²) in [5, 5.41) is 41.0. The first-order valence-corrected chi connectivity index (χ1v) is 13.4. The summed E-state index contributed by atoms with van der Waals surface area (Å²) in [6.45, 7) is 2.34. The monoisotopic (exact) mass is 501 g/mol. The summed E-state index contributed by atoms with van der Waals surface area (Å²) in [7, 11) is 3.88. The van der Waals surface area contributed by atoms with Crippen molar-refractivity contribution in [3.8, 4) is 6.07 Å². The van der Waals surface area contributed by atoms with E-state index in [1.807, 2.05) is 31.1 Å². The van der Waals surface area contributed by atoms with Gasteiger partial charge in [-0.15, -0.1) is 0 Å². The molecule has 0 radical (unpaired) electrons. The largest absolute Gasteiger partial charge is 0.388 e. The van der Waals surface area contributed by atoms with Gasteiger partial charge in [0, 0.05) is 17.3 Å². The lowest BCUT2D eigenvalue weighted by Crippen LogP contribution is -2.66. The van der Waals surface area contributed by atoms with Crippen LogP contribution >= 0.6 is 0 Å². The van der Waals surface area contributed by atoms with E-state index in [-0.39, 0.29) is 17.4 Å². The first-order chi connectivity index (χ1) is 17.6. The number of ether oxygens (including phenoxy) is 1. The van der Waals surface area contributed by atoms with Crippen molar-refractivity contribution >= 4 is 22.3 Å². The smallest absolute Gasteiger partial charge is 0.153 e. The molecule has 3 heterocycles. The number of benzene rings is 1. The molecule has 0 amide bonds. The van der Waals surface area contributed by atoms with E-state index >= 15 is 0 Å². The predicted molar refractivity (Wildman–Crippen MR) is 140 cm³/mol. The highest BCUT2D eigenvalue weighted by molar-refractivity contribution is 5.92. The number of fused-ring (bicyclic) bond motifs is 2. The van der Waals surface area contributed by atoms with Crippen molar-refractivity contribution in [1.29, 1.82) is 5.26 Å². The summed E-state index contributed by atoms with van der Waals surface area (Å²) in [6.07, 6.45) is 6.95. The molecule has 2 spiro atoms. The first kappa shape index (κ1) is 23.4. The molecule has 3 aliphatic carbocycles. The molecule has 194 valence electrons. The number of likely N-dealkylation sites (N-methyl/N-ethyl adjacent to an activating group) is 1. The second-order valence-electron chi connectivity index (χ2n) is 12.5. The van der Waals surface area contributed by atoms with Gasteiger partial charge in [-0.2, -0.15) is 10.4 Å². The maximum Gasteiger partial charge on any atom is 0.153 e. The molecule has 5 N–H and O–H groups in total. The zero-order valence-corrected chi connectivity index (χ0v) is 21.7. The highest BCUT2D eigenvalue weighted by Gasteiger charge is 2.74. The summed E-state index contributed by atoms with van der Waals surface area (Å²) in [5.41, 5.74) is 7.98. The Kier molecular flexibility index (Phi) is 4.58. The predicted octanol–water partition coefficient (Wildman–Crippen LogP) is 3.14. The summed E-state index contributed by atoms with van der Waals surface area (Å²) < 4.78 is 7.26. The standard InChI is InChI=1S/C29H35N5O3/c1-26-8-9-27(15-30)13-19-23(35)24(36)21(34(2)3)14-28(19)10-11-29(27,37-28)22(26)7-5-18(26)16-4-6-20-17(12-16)25(31)33-32-20/h4-6,12-13,21-24,35-36H,7-11,14H2,1-3H3,(H3,31,32,33)/t21-,22?,23+,24+,26+,27?,28+,29-/m0/s1. The van der Waals surface area contributed by atoms with Gasteiger partial charge in [0.05, 0.1) is 28.9 Å². The van der Waals surface area contributed by atoms with Gasteiger partial charge in [-0.3, -0.25) is 5.10 Å². The Morgan fingerprint density at radius 1 is 1.22 bits per heavy atom. The van der Waals surface area contributed by atoms with Crippen LogP contribution in [0.3, 0.4) is 0 Å². The molecule has 8 atom stereocenters. The van der Waals surface area contributed by atoms with Crippen LogP contribution in [0, 0.1) is 28.1 Å². The second kappa shape index (κ2) is 7.23. The SMILES string of the molecule is CN(C)[C@H]1C[C@@]23CC[C@]4(O2)C2CC=C(c5ccc6[nH]nc(N)c6c5)[C@@]2(C)CCC4(C#N)C=C3[C@@H](O)[C@@H]1O. The lowest BCUT2D eigenvalue weighted by molar-refractivity contribution is -0.223. The molecule has 2 aromatic rings. The van der Waals surface area contributed by atoms with Gasteiger partial charge in [-0.1, -0.05) is 25.1 Å². The minimum atomic E-state index is -1.03. The Hall–Kier alpha value is -2.70. The number of aromatic nitrogens is 2. The van der Waals surface area contributed by atoms with Crippen LogP contribution in [0.5, 0.6) is 0 Å². The van der Waals surface area contributed by atoms with Crippen LogP contribution in [0.4, 0.5) is 5.82 Å². The van der Waals surface area contributed by atoms with E-state index in [0.717, 1.165) is 47.7 Å². The summed E-state index contributed by atoms with van der Waals surface area (Å²) >= 11 is 0. The number of aliphatic hydroxyl groups is 2. The Balaban J connectivity index is 1.33. The highest BCUT2D eigenvalue weighted by Crippen LogP contribution is 2.72. The number of nitriles is 1. The van der Waals surface area contributed by atoms with Crippen molar-refractivity contribution in [3.63, 3.8) is 0 Å². The van der Waals surface area contributed by atoms with Crippen LogP contribution in [-0.2, 0) is 4.74 Å². The number of hydrogen-bond donors (Lipinski definition) is 4. The van der Waals surface area contributed by atoms with Gasteiger partial charge < -0.3 is 25.6 Å². The van der Waals surface area contributed by atoms with Crippen molar-refractivity contribution in [3.05, 3.63) is 41.5 Å². The van der Waals surface area contributed by atoms with Crippen LogP contribution in [0.2, 0.25) is 0 Å². The number of aromatic amines is 1. The number of nitrogens with two attached hydrogens (primary N) is 1. The Labute approximate surface area is 216 Å². The maximum absolute atomic E-state index is 11.3. The zero-order valence-electron chi connectivity index (χ0n) is 21.7. The van der Waals surface area contributed by atoms with E-state index in [2.05, 4.69) is 41.4 Å². The van der Waals surface area contributed by atoms with E-state index < -0.39 is 28.8 Å². The molecule has 3 fully saturated rings. The minimum Gasteiger partial charge on any atom is -0.388 e. The molecule has 1 aromatic heterocycles. The number of nitrogens with one attached hydrogen (secondary N) is 1. The fourth-order valence-electron chi connectivity index (χ4n) is 8.89. The molecule has 7 rings (SSSR count). The molecule has 1 saturated heterocycles. The Bertz CT molecular complexity index is 1420. The van der Waals surface area contributed by atoms with Crippen LogP contribution in [0.15, 0.2) is 35.9 Å². The molecule has 2 bridgehead atoms. The molecule has 1 aromatic carbocycles. The van der Waals surface area contributed by atoms with Crippen LogP contribution in [-0.4, -0.2) is 68.9 Å². The first-order valence-electron chi connectivity index (χ1n) is 13.4. The van der Waals surface area contributed by atoms with Gasteiger partial charge in [-0.25, -0.2) is 0 Å². The minimum absolute atomic E-state index is 0.139. The molecule has 2 saturated carbocycles. The molecular formula is C29H35N5O3. The number of rotatable bonds is 2. The number of anilines is 1. The second-order valence-corrected chi connectivity index (χ2v) is 12.5. The molecule has 8 heteroatoms. The van der Waals surface area contributed by atoms with E-state index in [4.69, 9.17) is 10.5 Å². The lowest BCUT2D eigenvalue weighted by atomic mass is 9.49. The quantitative estimate of drug-likeness (QED) is 0.465. The van der Waals surface area contributed by atoms with Crippen LogP contribution < -0.4 is 5.73 Å². The number of nitrogen functional groups attached to an aromatic ring is 1. The fraction of sp³-hybridized carbons (Fsp3) is 0.586. The summed E-state index contributed by atoms with van der Waals surface area (Å²) in [6, 6.07) is 8.79. The normalized spacial score (nSPS) is 44.1. The zero-order chi connectivity index (χ0) is 26.0. The van der Waals surface area contributed by atoms with Gasteiger partial charge in [0.1, 0.15) is 11.5 Å². The van der Waals surface area contributed by atoms with E-state index in [0.29, 0.717) is 18.7 Å². The van der Waals surface area contributed by atoms with Crippen molar-refractivity contribution < 1.29 is 14.9 Å². The molecule has 8 nitrogen and oxygen atoms in total. The van der Waals surface area contributed by atoms with Crippen molar-refractivity contribution in [2.24, 2.45) is 16.7 Å². The third-order valence-corrected chi connectivity index (χ3v) is 10.8. The van der Waals surface area contributed by atoms with Crippen LogP contribution in [0.25, 0.3) is 16.5 Å². The maximum atomic E-state index is 11.3. The number of allylic oxidation sites excluding steroid dienone is 2. The van der Waals surface area contributed by atoms with E-state index in [1.54, 1.807) is 0 Å². The number of aliphatic hydroxyl groups excluding tert-OH is 2. The molecule has 2 unspecified atom stereocenters. The van der Waals surface area contributed by atoms with Gasteiger partial charge in [0.25, 0.3) is 0 Å². The third kappa shape index (κ3) is 2.68. The molecule has 5 aliphatic rings. The van der Waals surface area contributed by atoms with Gasteiger partial charge in [0.2, 0.25) is 0 Å². The van der Waals surface area contributed by atoms with Gasteiger partial charge in [0.15, 0.2) is 5.82 Å². The highest BCUT2D eigenvalue weighted by atomic mass is 16.5. The van der Waals surface area contributed by atoms with E-state index in [1.165, 1.54) is 5.57 Å². The van der Waals surface area contributed by atoms with Gasteiger partial charge in [-0.05, 0) is 86.9 Å². The van der Waals surface area contributed by atoms with Crippen molar-refractivity contribution in [1.82, 2.24) is 15.1 Å². The van der Waals surface area contributed by atoms with Crippen molar-refractivity contribution in [2.75, 3.05) is 19.8 Å². The lowest BCUT2D eigenvalue weighted by Gasteiger charge is -2.61. The summed E-state index contributed by atoms with van der Waals surface area (Å²) in [5.74, 6) is 0.641. The molecule has 37 heavy (non-hydrogen) atoms. The molecule has 2 aliphatic heterocycles. The van der Waals surface area contributed by atoms with Crippen molar-refractivity contribution in [2.45, 2.75) is 74.9 Å². The number of nitrogens with zero attached hydrogens (tertiary/aromatic N) is 3. The third-order valence-electron chi connectivity index (χ3n) is 10.8. The summed E-state index contributed by atoms with van der Waals surface area (Å²) in [4.78, 5) is 1.98.